The van der Waals surface area contributed by atoms with Gasteiger partial charge in [0.2, 0.25) is 5.95 Å². The number of fused-ring (bicyclic) bond motifs is 13. The van der Waals surface area contributed by atoms with E-state index in [1.807, 2.05) is 36.4 Å². The van der Waals surface area contributed by atoms with E-state index in [0.717, 1.165) is 22.2 Å². The lowest BCUT2D eigenvalue weighted by atomic mass is 9.81. The van der Waals surface area contributed by atoms with E-state index in [2.05, 4.69) is 140 Å². The van der Waals surface area contributed by atoms with Crippen LogP contribution in [0.3, 0.4) is 0 Å². The molecule has 1 aliphatic carbocycles. The van der Waals surface area contributed by atoms with Crippen LogP contribution < -0.4 is 0 Å². The normalized spacial score (nSPS) is 13.3. The molecule has 0 bridgehead atoms. The molecular weight excluding hydrogens is 633 g/mol. The molecule has 1 aliphatic rings. The largest absolute Gasteiger partial charge is 0.277 e. The van der Waals surface area contributed by atoms with E-state index in [1.54, 1.807) is 0 Å². The van der Waals surface area contributed by atoms with Gasteiger partial charge >= 0.3 is 0 Å². The van der Waals surface area contributed by atoms with Crippen LogP contribution in [0.1, 0.15) is 25.0 Å². The maximum Gasteiger partial charge on any atom is 0.238 e. The number of nitrogens with zero attached hydrogens (tertiary/aromatic N) is 4. The highest BCUT2D eigenvalue weighted by Crippen LogP contribution is 2.53. The molecule has 0 saturated carbocycles. The molecule has 0 atom stereocenters. The summed E-state index contributed by atoms with van der Waals surface area (Å²) >= 11 is 0. The molecule has 244 valence electrons. The summed E-state index contributed by atoms with van der Waals surface area (Å²) in [4.78, 5) is 15.7. The third-order valence-electron chi connectivity index (χ3n) is 11.2. The van der Waals surface area contributed by atoms with Crippen molar-refractivity contribution in [2.75, 3.05) is 0 Å². The van der Waals surface area contributed by atoms with E-state index in [0.29, 0.717) is 17.6 Å². The SMILES string of the molecule is CC1(C)c2ccccc2-c2ccc3c4cc5c6ccccc6c6ccccc6c5cc4n(-c4nc(-c5ccccc5)nc(-c5ccccc5)n4)c3c21. The average Bonchev–Trinajstić information content (AvgIpc) is 3.65. The van der Waals surface area contributed by atoms with Crippen molar-refractivity contribution in [2.45, 2.75) is 19.3 Å². The second-order valence-corrected chi connectivity index (χ2v) is 14.4. The van der Waals surface area contributed by atoms with Crippen LogP contribution in [0.15, 0.2) is 158 Å². The lowest BCUT2D eigenvalue weighted by Gasteiger charge is -2.23. The van der Waals surface area contributed by atoms with Gasteiger partial charge < -0.3 is 0 Å². The Labute approximate surface area is 300 Å². The van der Waals surface area contributed by atoms with Gasteiger partial charge in [-0.25, -0.2) is 4.98 Å². The predicted octanol–water partition coefficient (Wildman–Crippen LogP) is 12.1. The van der Waals surface area contributed by atoms with Gasteiger partial charge in [0.05, 0.1) is 11.0 Å². The molecule has 2 aromatic heterocycles. The summed E-state index contributed by atoms with van der Waals surface area (Å²) in [6.07, 6.45) is 0. The highest BCUT2D eigenvalue weighted by Gasteiger charge is 2.38. The lowest BCUT2D eigenvalue weighted by molar-refractivity contribution is 0.663. The molecule has 4 heteroatoms. The molecule has 0 unspecified atom stereocenters. The highest BCUT2D eigenvalue weighted by molar-refractivity contribution is 6.29. The monoisotopic (exact) mass is 664 g/mol. The van der Waals surface area contributed by atoms with Crippen LogP contribution in [-0.4, -0.2) is 19.5 Å². The van der Waals surface area contributed by atoms with Crippen LogP contribution in [0.2, 0.25) is 0 Å². The molecule has 0 aliphatic heterocycles. The molecule has 10 aromatic rings. The fourth-order valence-corrected chi connectivity index (χ4v) is 8.86. The van der Waals surface area contributed by atoms with Crippen molar-refractivity contribution in [1.29, 1.82) is 0 Å². The van der Waals surface area contributed by atoms with Crippen LogP contribution in [0, 0.1) is 0 Å². The molecule has 8 aromatic carbocycles. The van der Waals surface area contributed by atoms with Gasteiger partial charge in [0.1, 0.15) is 0 Å². The fraction of sp³-hybridized carbons (Fsp3) is 0.0625. The summed E-state index contributed by atoms with van der Waals surface area (Å²) in [5.41, 5.74) is 9.04. The summed E-state index contributed by atoms with van der Waals surface area (Å²) < 4.78 is 2.33. The molecule has 11 rings (SSSR count). The van der Waals surface area contributed by atoms with E-state index in [9.17, 15) is 0 Å². The minimum atomic E-state index is -0.256. The first-order valence-electron chi connectivity index (χ1n) is 17.9. The Hall–Kier alpha value is -6.65. The van der Waals surface area contributed by atoms with Gasteiger partial charge in [0, 0.05) is 27.3 Å². The zero-order chi connectivity index (χ0) is 34.6. The Kier molecular flexibility index (Phi) is 5.98. The van der Waals surface area contributed by atoms with Crippen LogP contribution in [0.25, 0.3) is 94.0 Å². The predicted molar refractivity (Wildman–Crippen MR) is 215 cm³/mol. The van der Waals surface area contributed by atoms with E-state index in [4.69, 9.17) is 15.0 Å². The molecular formula is C48H32N4. The van der Waals surface area contributed by atoms with Gasteiger partial charge in [-0.15, -0.1) is 0 Å². The van der Waals surface area contributed by atoms with E-state index in [-0.39, 0.29) is 5.41 Å². The topological polar surface area (TPSA) is 43.6 Å². The van der Waals surface area contributed by atoms with Gasteiger partial charge in [-0.3, -0.25) is 4.57 Å². The van der Waals surface area contributed by atoms with Crippen molar-refractivity contribution in [2.24, 2.45) is 0 Å². The third-order valence-corrected chi connectivity index (χ3v) is 11.2. The quantitative estimate of drug-likeness (QED) is 0.177. The summed E-state index contributed by atoms with van der Waals surface area (Å²) in [6, 6.07) is 56.4. The average molecular weight is 665 g/mol. The van der Waals surface area contributed by atoms with Crippen molar-refractivity contribution in [3.05, 3.63) is 169 Å². The molecule has 4 nitrogen and oxygen atoms in total. The maximum absolute atomic E-state index is 5.33. The van der Waals surface area contributed by atoms with Gasteiger partial charge in [0.25, 0.3) is 0 Å². The Morgan fingerprint density at radius 3 is 1.56 bits per heavy atom. The molecule has 0 saturated heterocycles. The Morgan fingerprint density at radius 2 is 0.942 bits per heavy atom. The minimum Gasteiger partial charge on any atom is -0.277 e. The van der Waals surface area contributed by atoms with Crippen molar-refractivity contribution >= 4 is 54.1 Å². The van der Waals surface area contributed by atoms with Gasteiger partial charge in [0.15, 0.2) is 11.6 Å². The highest BCUT2D eigenvalue weighted by atomic mass is 15.2. The number of aromatic nitrogens is 4. The number of rotatable bonds is 3. The first kappa shape index (κ1) is 29.1. The number of benzene rings is 8. The van der Waals surface area contributed by atoms with E-state index < -0.39 is 0 Å². The third kappa shape index (κ3) is 4.00. The standard InChI is InChI=1S/C48H32N4/c1-48(2)41-24-14-13-23-35(41)36-25-26-37-40-27-38-33-21-11-9-19-31(33)32-20-10-12-22-34(32)39(38)28-42(40)52(44(37)43(36)48)47-50-45(29-15-5-3-6-16-29)49-46(51-47)30-17-7-4-8-18-30/h3-28H,1-2H3. The van der Waals surface area contributed by atoms with E-state index in [1.165, 1.54) is 65.3 Å². The van der Waals surface area contributed by atoms with Gasteiger partial charge in [-0.2, -0.15) is 9.97 Å². The zero-order valence-corrected chi connectivity index (χ0v) is 28.8. The van der Waals surface area contributed by atoms with Crippen LogP contribution >= 0.6 is 0 Å². The molecule has 2 heterocycles. The Morgan fingerprint density at radius 1 is 0.423 bits per heavy atom. The van der Waals surface area contributed by atoms with Crippen molar-refractivity contribution in [1.82, 2.24) is 19.5 Å². The molecule has 0 spiro atoms. The van der Waals surface area contributed by atoms with Crippen LogP contribution in [-0.2, 0) is 5.41 Å². The molecule has 0 N–H and O–H groups in total. The minimum absolute atomic E-state index is 0.256. The summed E-state index contributed by atoms with van der Waals surface area (Å²) in [7, 11) is 0. The van der Waals surface area contributed by atoms with Gasteiger partial charge in [-0.1, -0.05) is 159 Å². The first-order chi connectivity index (χ1) is 25.6. The fourth-order valence-electron chi connectivity index (χ4n) is 8.86. The molecule has 0 radical (unpaired) electrons. The lowest BCUT2D eigenvalue weighted by Crippen LogP contribution is -2.17. The van der Waals surface area contributed by atoms with E-state index >= 15 is 0 Å². The summed E-state index contributed by atoms with van der Waals surface area (Å²) in [5, 5.41) is 9.84. The Bertz CT molecular complexity index is 3030. The van der Waals surface area contributed by atoms with Crippen molar-refractivity contribution in [3.8, 4) is 39.9 Å². The second-order valence-electron chi connectivity index (χ2n) is 14.4. The molecule has 52 heavy (non-hydrogen) atoms. The van der Waals surface area contributed by atoms with Crippen molar-refractivity contribution < 1.29 is 0 Å². The summed E-state index contributed by atoms with van der Waals surface area (Å²) in [5.74, 6) is 1.90. The first-order valence-corrected chi connectivity index (χ1v) is 17.9. The molecule has 0 fully saturated rings. The maximum atomic E-state index is 5.33. The smallest absolute Gasteiger partial charge is 0.238 e. The Balaban J connectivity index is 1.35. The second kappa shape index (κ2) is 10.7. The van der Waals surface area contributed by atoms with Gasteiger partial charge in [-0.05, 0) is 66.7 Å². The molecule has 0 amide bonds. The number of hydrogen-bond acceptors (Lipinski definition) is 3. The van der Waals surface area contributed by atoms with Crippen LogP contribution in [0.4, 0.5) is 0 Å². The zero-order valence-electron chi connectivity index (χ0n) is 28.8. The summed E-state index contributed by atoms with van der Waals surface area (Å²) in [6.45, 7) is 4.71. The van der Waals surface area contributed by atoms with Crippen molar-refractivity contribution in [3.63, 3.8) is 0 Å². The van der Waals surface area contributed by atoms with Crippen LogP contribution in [0.5, 0.6) is 0 Å². The number of hydrogen-bond donors (Lipinski definition) is 0.